The van der Waals surface area contributed by atoms with Crippen molar-refractivity contribution in [2.24, 2.45) is 0 Å². The predicted octanol–water partition coefficient (Wildman–Crippen LogP) is 13.7. The predicted molar refractivity (Wildman–Crippen MR) is 208 cm³/mol. The summed E-state index contributed by atoms with van der Waals surface area (Å²) in [4.78, 5) is 2.48. The van der Waals surface area contributed by atoms with Crippen LogP contribution in [0.3, 0.4) is 0 Å². The van der Waals surface area contributed by atoms with Crippen LogP contribution in [0.1, 0.15) is 0 Å². The molecular formula is C46H31NS. The molecule has 8 aromatic carbocycles. The van der Waals surface area contributed by atoms with Gasteiger partial charge in [0.05, 0.1) is 11.4 Å². The van der Waals surface area contributed by atoms with Crippen molar-refractivity contribution in [1.29, 1.82) is 0 Å². The van der Waals surface area contributed by atoms with E-state index in [2.05, 4.69) is 193 Å². The van der Waals surface area contributed by atoms with Crippen LogP contribution in [0.25, 0.3) is 64.3 Å². The second kappa shape index (κ2) is 12.0. The SMILES string of the molecule is c1ccc(-c2ccc(N(c3ccc4sc5ccccc5c4c3)c3cccc4cccc(-c5ccccc5)c34)c(-c3ccccc3)c2)cc1. The minimum Gasteiger partial charge on any atom is -0.309 e. The zero-order chi connectivity index (χ0) is 31.9. The van der Waals surface area contributed by atoms with Gasteiger partial charge in [0, 0.05) is 36.8 Å². The Bertz CT molecular complexity index is 2550. The normalized spacial score (nSPS) is 11.3. The Morgan fingerprint density at radius 1 is 0.354 bits per heavy atom. The minimum absolute atomic E-state index is 1.13. The van der Waals surface area contributed by atoms with Gasteiger partial charge in [0.1, 0.15) is 0 Å². The standard InChI is InChI=1S/C46H31NS/c1-4-14-32(15-5-1)36-26-28-42(40(30-36)34-18-8-3-9-19-34)47(37-27-29-45-41(31-37)39-22-10-11-25-44(39)48-45)43-24-13-21-35-20-12-23-38(46(35)43)33-16-6-2-7-17-33/h1-31H. The minimum atomic E-state index is 1.13. The van der Waals surface area contributed by atoms with Gasteiger partial charge in [-0.05, 0) is 75.7 Å². The van der Waals surface area contributed by atoms with Crippen LogP contribution in [-0.2, 0) is 0 Å². The van der Waals surface area contributed by atoms with Crippen molar-refractivity contribution in [3.05, 3.63) is 188 Å². The number of nitrogens with zero attached hydrogens (tertiary/aromatic N) is 1. The molecule has 0 saturated heterocycles. The summed E-state index contributed by atoms with van der Waals surface area (Å²) in [7, 11) is 0. The molecule has 0 amide bonds. The Morgan fingerprint density at radius 2 is 0.979 bits per heavy atom. The molecule has 1 aromatic heterocycles. The number of hydrogen-bond donors (Lipinski definition) is 0. The molecule has 0 aliphatic heterocycles. The molecule has 1 heterocycles. The first-order valence-corrected chi connectivity index (χ1v) is 17.2. The monoisotopic (exact) mass is 629 g/mol. The Kier molecular flexibility index (Phi) is 7.07. The molecule has 0 unspecified atom stereocenters. The molecule has 2 heteroatoms. The van der Waals surface area contributed by atoms with Gasteiger partial charge in [-0.1, -0.05) is 146 Å². The molecular weight excluding hydrogens is 599 g/mol. The van der Waals surface area contributed by atoms with Crippen LogP contribution in [0.2, 0.25) is 0 Å². The highest BCUT2D eigenvalue weighted by atomic mass is 32.1. The Hall–Kier alpha value is -5.96. The van der Waals surface area contributed by atoms with Gasteiger partial charge >= 0.3 is 0 Å². The van der Waals surface area contributed by atoms with E-state index in [1.807, 2.05) is 11.3 Å². The van der Waals surface area contributed by atoms with Crippen molar-refractivity contribution in [3.8, 4) is 33.4 Å². The molecule has 0 bridgehead atoms. The van der Waals surface area contributed by atoms with Crippen LogP contribution in [0.4, 0.5) is 17.1 Å². The fourth-order valence-electron chi connectivity index (χ4n) is 7.02. The van der Waals surface area contributed by atoms with Gasteiger partial charge in [-0.2, -0.15) is 0 Å². The third kappa shape index (κ3) is 4.95. The molecule has 226 valence electrons. The van der Waals surface area contributed by atoms with E-state index in [0.29, 0.717) is 0 Å². The maximum Gasteiger partial charge on any atom is 0.0546 e. The summed E-state index contributed by atoms with van der Waals surface area (Å²) in [6.45, 7) is 0. The van der Waals surface area contributed by atoms with Crippen LogP contribution < -0.4 is 4.90 Å². The van der Waals surface area contributed by atoms with E-state index in [4.69, 9.17) is 0 Å². The molecule has 0 N–H and O–H groups in total. The summed E-state index contributed by atoms with van der Waals surface area (Å²) in [6.07, 6.45) is 0. The van der Waals surface area contributed by atoms with Crippen molar-refractivity contribution < 1.29 is 0 Å². The lowest BCUT2D eigenvalue weighted by molar-refractivity contribution is 1.30. The van der Waals surface area contributed by atoms with Crippen LogP contribution in [0.5, 0.6) is 0 Å². The topological polar surface area (TPSA) is 3.24 Å². The van der Waals surface area contributed by atoms with Gasteiger partial charge in [-0.25, -0.2) is 0 Å². The number of fused-ring (bicyclic) bond motifs is 4. The smallest absolute Gasteiger partial charge is 0.0546 e. The lowest BCUT2D eigenvalue weighted by atomic mass is 9.94. The van der Waals surface area contributed by atoms with Gasteiger partial charge < -0.3 is 4.90 Å². The van der Waals surface area contributed by atoms with E-state index in [9.17, 15) is 0 Å². The molecule has 0 radical (unpaired) electrons. The first kappa shape index (κ1) is 28.3. The van der Waals surface area contributed by atoms with Gasteiger partial charge in [-0.3, -0.25) is 0 Å². The highest BCUT2D eigenvalue weighted by Crippen LogP contribution is 2.48. The van der Waals surface area contributed by atoms with Crippen LogP contribution in [0.15, 0.2) is 188 Å². The summed E-state index contributed by atoms with van der Waals surface area (Å²) in [5, 5.41) is 5.02. The fourth-order valence-corrected chi connectivity index (χ4v) is 8.10. The zero-order valence-electron chi connectivity index (χ0n) is 26.3. The van der Waals surface area contributed by atoms with Crippen molar-refractivity contribution in [2.75, 3.05) is 4.90 Å². The molecule has 1 nitrogen and oxygen atoms in total. The third-order valence-electron chi connectivity index (χ3n) is 9.26. The van der Waals surface area contributed by atoms with Crippen LogP contribution in [-0.4, -0.2) is 0 Å². The first-order chi connectivity index (χ1) is 23.8. The van der Waals surface area contributed by atoms with Crippen molar-refractivity contribution in [1.82, 2.24) is 0 Å². The summed E-state index contributed by atoms with van der Waals surface area (Å²) >= 11 is 1.86. The maximum absolute atomic E-state index is 2.48. The van der Waals surface area contributed by atoms with E-state index >= 15 is 0 Å². The summed E-state index contributed by atoms with van der Waals surface area (Å²) in [5.74, 6) is 0. The Morgan fingerprint density at radius 3 is 1.73 bits per heavy atom. The lowest BCUT2D eigenvalue weighted by Gasteiger charge is -2.30. The van der Waals surface area contributed by atoms with Gasteiger partial charge in [0.25, 0.3) is 0 Å². The number of anilines is 3. The lowest BCUT2D eigenvalue weighted by Crippen LogP contribution is -2.12. The zero-order valence-corrected chi connectivity index (χ0v) is 27.1. The Labute approximate surface area is 284 Å². The summed E-state index contributed by atoms with van der Waals surface area (Å²) < 4.78 is 2.61. The second-order valence-corrected chi connectivity index (χ2v) is 13.2. The molecule has 0 spiro atoms. The first-order valence-electron chi connectivity index (χ1n) is 16.4. The van der Waals surface area contributed by atoms with E-state index < -0.39 is 0 Å². The molecule has 0 aliphatic rings. The van der Waals surface area contributed by atoms with E-state index in [-0.39, 0.29) is 0 Å². The number of benzene rings is 8. The molecule has 9 aromatic rings. The molecule has 0 fully saturated rings. The van der Waals surface area contributed by atoms with Gasteiger partial charge in [0.2, 0.25) is 0 Å². The summed E-state index contributed by atoms with van der Waals surface area (Å²) in [5.41, 5.74) is 10.6. The molecule has 0 atom stereocenters. The molecule has 0 saturated carbocycles. The number of thiophene rings is 1. The van der Waals surface area contributed by atoms with Crippen molar-refractivity contribution in [2.45, 2.75) is 0 Å². The Balaban J connectivity index is 1.37. The highest BCUT2D eigenvalue weighted by molar-refractivity contribution is 7.25. The van der Waals surface area contributed by atoms with E-state index in [1.165, 1.54) is 64.3 Å². The average molecular weight is 630 g/mol. The van der Waals surface area contributed by atoms with Crippen LogP contribution >= 0.6 is 11.3 Å². The highest BCUT2D eigenvalue weighted by Gasteiger charge is 2.22. The van der Waals surface area contributed by atoms with Gasteiger partial charge in [-0.15, -0.1) is 11.3 Å². The summed E-state index contributed by atoms with van der Waals surface area (Å²) in [6, 6.07) is 68.3. The van der Waals surface area contributed by atoms with Crippen molar-refractivity contribution in [3.63, 3.8) is 0 Å². The second-order valence-electron chi connectivity index (χ2n) is 12.1. The fraction of sp³-hybridized carbons (Fsp3) is 0. The van der Waals surface area contributed by atoms with Crippen molar-refractivity contribution >= 4 is 59.3 Å². The van der Waals surface area contributed by atoms with Crippen LogP contribution in [0, 0.1) is 0 Å². The van der Waals surface area contributed by atoms with E-state index in [0.717, 1.165) is 17.1 Å². The molecule has 9 rings (SSSR count). The van der Waals surface area contributed by atoms with E-state index in [1.54, 1.807) is 0 Å². The molecule has 0 aliphatic carbocycles. The quantitative estimate of drug-likeness (QED) is 0.177. The number of hydrogen-bond acceptors (Lipinski definition) is 2. The molecule has 48 heavy (non-hydrogen) atoms. The maximum atomic E-state index is 2.48. The van der Waals surface area contributed by atoms with Gasteiger partial charge in [0.15, 0.2) is 0 Å². The number of rotatable bonds is 6. The third-order valence-corrected chi connectivity index (χ3v) is 10.4. The average Bonchev–Trinajstić information content (AvgIpc) is 3.54. The largest absolute Gasteiger partial charge is 0.309 e.